The second-order valence-corrected chi connectivity index (χ2v) is 0.236. The summed E-state index contributed by atoms with van der Waals surface area (Å²) in [6.45, 7) is 0.250. The summed E-state index contributed by atoms with van der Waals surface area (Å²) in [5.41, 5.74) is 9.25. The largest absolute Gasteiger partial charge is 1.00 e. The van der Waals surface area contributed by atoms with Gasteiger partial charge in [0.25, 0.3) is 0 Å². The van der Waals surface area contributed by atoms with Crippen LogP contribution < -0.4 is 41.0 Å². The van der Waals surface area contributed by atoms with Crippen LogP contribution in [0.1, 0.15) is 1.43 Å². The number of hydrogen-bond donors (Lipinski definition) is 2. The van der Waals surface area contributed by atoms with Gasteiger partial charge in [0.1, 0.15) is 0 Å². The van der Waals surface area contributed by atoms with Crippen LogP contribution in [0.4, 0.5) is 0 Å². The van der Waals surface area contributed by atoms with Gasteiger partial charge in [-0.15, -0.1) is 0 Å². The molecule has 0 atom stereocenters. The van der Waals surface area contributed by atoms with Crippen molar-refractivity contribution < 1.29 is 31.0 Å². The molecule has 0 saturated heterocycles. The standard InChI is InChI=1S/CH6N2.Na.H/c2-1-3;;/h1-3H2;;/q;+1;-1. The van der Waals surface area contributed by atoms with E-state index in [2.05, 4.69) is 11.5 Å². The molecule has 0 fully saturated rings. The van der Waals surface area contributed by atoms with Gasteiger partial charge in [0.05, 0.1) is 0 Å². The molecule has 0 aromatic carbocycles. The summed E-state index contributed by atoms with van der Waals surface area (Å²) in [7, 11) is 0. The molecule has 4 N–H and O–H groups in total. The third kappa shape index (κ3) is 12.7. The quantitative estimate of drug-likeness (QED) is 0.225. The smallest absolute Gasteiger partial charge is 1.00 e. The van der Waals surface area contributed by atoms with E-state index in [1.54, 1.807) is 0 Å². The van der Waals surface area contributed by atoms with Gasteiger partial charge >= 0.3 is 29.6 Å². The Balaban J connectivity index is -0.0000000200. The molecule has 0 aliphatic rings. The average Bonchev–Trinajstić information content (AvgIpc) is 0.918. The number of rotatable bonds is 0. The second kappa shape index (κ2) is 9.07. The van der Waals surface area contributed by atoms with Gasteiger partial charge in [0, 0.05) is 6.67 Å². The molecule has 0 bridgehead atoms. The van der Waals surface area contributed by atoms with Gasteiger partial charge in [-0.2, -0.15) is 0 Å². The summed E-state index contributed by atoms with van der Waals surface area (Å²) in [5, 5.41) is 0. The van der Waals surface area contributed by atoms with Gasteiger partial charge in [0.2, 0.25) is 0 Å². The van der Waals surface area contributed by atoms with Crippen LogP contribution in [0, 0.1) is 0 Å². The van der Waals surface area contributed by atoms with Crippen molar-refractivity contribution in [2.45, 2.75) is 0 Å². The molecule has 0 aliphatic heterocycles. The van der Waals surface area contributed by atoms with Gasteiger partial charge in [-0.05, 0) is 0 Å². The molecule has 0 radical (unpaired) electrons. The summed E-state index contributed by atoms with van der Waals surface area (Å²) >= 11 is 0. The molecule has 22 valence electrons. The maximum Gasteiger partial charge on any atom is 1.00 e. The van der Waals surface area contributed by atoms with Crippen molar-refractivity contribution in [3.8, 4) is 0 Å². The Kier molecular flexibility index (Phi) is 20.1. The summed E-state index contributed by atoms with van der Waals surface area (Å²) in [6.07, 6.45) is 0. The number of hydrogen-bond acceptors (Lipinski definition) is 2. The molecule has 0 aromatic rings. The fraction of sp³-hybridized carbons (Fsp3) is 1.00. The first kappa shape index (κ1) is 8.87. The van der Waals surface area contributed by atoms with Crippen molar-refractivity contribution in [3.05, 3.63) is 0 Å². The first-order valence-electron chi connectivity index (χ1n) is 0.816. The van der Waals surface area contributed by atoms with Crippen LogP contribution in [-0.4, -0.2) is 6.67 Å². The molecule has 3 heteroatoms. The molecular weight excluding hydrogens is 63.0 g/mol. The molecular formula is CH7N2Na. The van der Waals surface area contributed by atoms with Gasteiger partial charge < -0.3 is 12.9 Å². The predicted octanol–water partition coefficient (Wildman–Crippen LogP) is -4.02. The fourth-order valence-electron chi connectivity index (χ4n) is 0. The van der Waals surface area contributed by atoms with E-state index in [1.165, 1.54) is 0 Å². The van der Waals surface area contributed by atoms with E-state index in [9.17, 15) is 0 Å². The molecule has 0 amide bonds. The molecule has 0 saturated carbocycles. The first-order chi connectivity index (χ1) is 1.41. The minimum Gasteiger partial charge on any atom is -1.00 e. The van der Waals surface area contributed by atoms with E-state index in [0.717, 1.165) is 0 Å². The third-order valence-electron chi connectivity index (χ3n) is 0. The Hall–Kier alpha value is 0.920. The van der Waals surface area contributed by atoms with Crippen LogP contribution in [-0.2, 0) is 0 Å². The van der Waals surface area contributed by atoms with E-state index in [-0.39, 0.29) is 37.7 Å². The summed E-state index contributed by atoms with van der Waals surface area (Å²) < 4.78 is 0. The Labute approximate surface area is 49.3 Å². The van der Waals surface area contributed by atoms with E-state index < -0.39 is 0 Å². The van der Waals surface area contributed by atoms with Crippen molar-refractivity contribution >= 4 is 0 Å². The van der Waals surface area contributed by atoms with Crippen molar-refractivity contribution in [1.29, 1.82) is 0 Å². The SMILES string of the molecule is NCN.[H-].[Na+]. The third-order valence-corrected chi connectivity index (χ3v) is 0. The zero-order chi connectivity index (χ0) is 2.71. The monoisotopic (exact) mass is 70.1 g/mol. The van der Waals surface area contributed by atoms with Crippen molar-refractivity contribution in [2.75, 3.05) is 6.67 Å². The molecule has 0 rings (SSSR count). The Morgan fingerprint density at radius 2 is 1.50 bits per heavy atom. The van der Waals surface area contributed by atoms with Crippen molar-refractivity contribution in [3.63, 3.8) is 0 Å². The Morgan fingerprint density at radius 1 is 1.50 bits per heavy atom. The van der Waals surface area contributed by atoms with Crippen LogP contribution in [0.25, 0.3) is 0 Å². The average molecular weight is 70.1 g/mol. The minimum absolute atomic E-state index is 0. The van der Waals surface area contributed by atoms with Crippen LogP contribution >= 0.6 is 0 Å². The Bertz CT molecular complexity index is 9.61. The predicted molar refractivity (Wildman–Crippen MR) is 14.4 cm³/mol. The van der Waals surface area contributed by atoms with Gasteiger partial charge in [-0.25, -0.2) is 0 Å². The van der Waals surface area contributed by atoms with E-state index in [4.69, 9.17) is 0 Å². The second-order valence-electron chi connectivity index (χ2n) is 0.236. The normalized spacial score (nSPS) is 4.50. The van der Waals surface area contributed by atoms with Crippen molar-refractivity contribution in [1.82, 2.24) is 0 Å². The maximum absolute atomic E-state index is 4.62. The topological polar surface area (TPSA) is 52.0 Å². The minimum atomic E-state index is 0. The van der Waals surface area contributed by atoms with Crippen LogP contribution in [0.15, 0.2) is 0 Å². The summed E-state index contributed by atoms with van der Waals surface area (Å²) in [6, 6.07) is 0. The van der Waals surface area contributed by atoms with Gasteiger partial charge in [-0.3, -0.25) is 0 Å². The summed E-state index contributed by atoms with van der Waals surface area (Å²) in [5.74, 6) is 0. The maximum atomic E-state index is 4.62. The van der Waals surface area contributed by atoms with Gasteiger partial charge in [0.15, 0.2) is 0 Å². The van der Waals surface area contributed by atoms with E-state index in [1.807, 2.05) is 0 Å². The summed E-state index contributed by atoms with van der Waals surface area (Å²) in [4.78, 5) is 0. The number of nitrogens with two attached hydrogens (primary N) is 2. The van der Waals surface area contributed by atoms with Crippen LogP contribution in [0.3, 0.4) is 0 Å². The zero-order valence-corrected chi connectivity index (χ0v) is 4.86. The zero-order valence-electron chi connectivity index (χ0n) is 3.86. The molecule has 0 heterocycles. The van der Waals surface area contributed by atoms with E-state index >= 15 is 0 Å². The van der Waals surface area contributed by atoms with Crippen LogP contribution in [0.2, 0.25) is 0 Å². The van der Waals surface area contributed by atoms with Crippen molar-refractivity contribution in [2.24, 2.45) is 11.5 Å². The molecule has 2 nitrogen and oxygen atoms in total. The molecule has 0 spiro atoms. The van der Waals surface area contributed by atoms with Crippen LogP contribution in [0.5, 0.6) is 0 Å². The van der Waals surface area contributed by atoms with E-state index in [0.29, 0.717) is 0 Å². The fourth-order valence-corrected chi connectivity index (χ4v) is 0. The first-order valence-corrected chi connectivity index (χ1v) is 0.816. The van der Waals surface area contributed by atoms with Gasteiger partial charge in [-0.1, -0.05) is 0 Å². The molecule has 0 aliphatic carbocycles. The molecule has 4 heavy (non-hydrogen) atoms. The molecule has 0 aromatic heterocycles. The molecule has 0 unspecified atom stereocenters. The Morgan fingerprint density at radius 3 is 1.50 bits per heavy atom.